The van der Waals surface area contributed by atoms with E-state index in [-0.39, 0.29) is 16.2 Å². The molecule has 32 heavy (non-hydrogen) atoms. The molecule has 0 aliphatic carbocycles. The molecule has 1 N–H and O–H groups in total. The summed E-state index contributed by atoms with van der Waals surface area (Å²) in [6, 6.07) is 16.2. The van der Waals surface area contributed by atoms with Gasteiger partial charge < -0.3 is 4.57 Å². The van der Waals surface area contributed by atoms with E-state index in [1.54, 1.807) is 0 Å². The normalized spacial score (nSPS) is 11.5. The van der Waals surface area contributed by atoms with E-state index in [1.807, 2.05) is 30.3 Å². The second-order valence-electron chi connectivity index (χ2n) is 7.63. The lowest BCUT2D eigenvalue weighted by Gasteiger charge is -2.16. The van der Waals surface area contributed by atoms with E-state index >= 15 is 0 Å². The van der Waals surface area contributed by atoms with Crippen LogP contribution in [0.4, 0.5) is 0 Å². The van der Waals surface area contributed by atoms with Gasteiger partial charge in [0.25, 0.3) is 0 Å². The van der Waals surface area contributed by atoms with Crippen molar-refractivity contribution in [1.29, 1.82) is 0 Å². The van der Waals surface area contributed by atoms with Gasteiger partial charge in [0.2, 0.25) is 5.82 Å². The maximum atomic E-state index is 6.45. The van der Waals surface area contributed by atoms with Crippen LogP contribution in [0.15, 0.2) is 48.5 Å². The van der Waals surface area contributed by atoms with Gasteiger partial charge in [0.05, 0.1) is 6.54 Å². The van der Waals surface area contributed by atoms with Gasteiger partial charge in [0.15, 0.2) is 10.3 Å². The Balaban J connectivity index is 1.69. The highest BCUT2D eigenvalue weighted by atomic mass is 35.5. The summed E-state index contributed by atoms with van der Waals surface area (Å²) >= 11 is 12.7. The number of H-pyrrole nitrogens is 1. The molecule has 2 aromatic carbocycles. The zero-order chi connectivity index (χ0) is 22.2. The summed E-state index contributed by atoms with van der Waals surface area (Å²) in [7, 11) is 0. The number of imidazole rings is 1. The van der Waals surface area contributed by atoms with E-state index < -0.39 is 0 Å². The highest BCUT2D eigenvalue weighted by Crippen LogP contribution is 2.35. The van der Waals surface area contributed by atoms with Crippen molar-refractivity contribution in [3.8, 4) is 22.5 Å². The van der Waals surface area contributed by atoms with Crippen LogP contribution in [-0.4, -0.2) is 40.4 Å². The molecule has 0 spiro atoms. The SMILES string of the molecule is CC(C)c1nc2c(Cl)nnc(Cl)c2n1Cc1ccccc1-c1ccccc1-c1nn[nH]n1. The number of tetrazole rings is 1. The Hall–Kier alpha value is -3.36. The summed E-state index contributed by atoms with van der Waals surface area (Å²) in [4.78, 5) is 4.74. The number of rotatable bonds is 5. The van der Waals surface area contributed by atoms with Crippen molar-refractivity contribution in [2.24, 2.45) is 0 Å². The third-order valence-corrected chi connectivity index (χ3v) is 5.79. The molecular weight excluding hydrogens is 447 g/mol. The summed E-state index contributed by atoms with van der Waals surface area (Å²) in [6.07, 6.45) is 0. The first-order valence-corrected chi connectivity index (χ1v) is 10.8. The minimum atomic E-state index is 0.147. The number of aromatic nitrogens is 8. The predicted octanol–water partition coefficient (Wildman–Crippen LogP) is 5.15. The molecule has 5 rings (SSSR count). The molecule has 3 aromatic heterocycles. The third-order valence-electron chi connectivity index (χ3n) is 5.28. The van der Waals surface area contributed by atoms with Crippen LogP contribution in [0.1, 0.15) is 31.2 Å². The minimum absolute atomic E-state index is 0.147. The van der Waals surface area contributed by atoms with E-state index in [4.69, 9.17) is 28.2 Å². The first-order chi connectivity index (χ1) is 15.5. The van der Waals surface area contributed by atoms with E-state index in [2.05, 4.69) is 67.4 Å². The Morgan fingerprint density at radius 2 is 1.56 bits per heavy atom. The number of halogens is 2. The Morgan fingerprint density at radius 1 is 0.875 bits per heavy atom. The lowest BCUT2D eigenvalue weighted by atomic mass is 9.95. The van der Waals surface area contributed by atoms with Gasteiger partial charge in [0.1, 0.15) is 16.9 Å². The van der Waals surface area contributed by atoms with E-state index in [1.165, 1.54) is 0 Å². The zero-order valence-corrected chi connectivity index (χ0v) is 18.8. The second kappa shape index (κ2) is 8.29. The molecule has 0 saturated heterocycles. The number of aromatic amines is 1. The third kappa shape index (κ3) is 3.51. The molecule has 0 atom stereocenters. The fourth-order valence-electron chi connectivity index (χ4n) is 3.89. The molecule has 8 nitrogen and oxygen atoms in total. The predicted molar refractivity (Wildman–Crippen MR) is 124 cm³/mol. The molecule has 0 bridgehead atoms. The van der Waals surface area contributed by atoms with Crippen LogP contribution >= 0.6 is 23.2 Å². The van der Waals surface area contributed by atoms with Gasteiger partial charge in [-0.15, -0.1) is 20.4 Å². The number of nitrogens with zero attached hydrogens (tertiary/aromatic N) is 7. The number of hydrogen-bond acceptors (Lipinski definition) is 6. The maximum absolute atomic E-state index is 6.45. The van der Waals surface area contributed by atoms with Crippen LogP contribution in [0.2, 0.25) is 10.3 Å². The van der Waals surface area contributed by atoms with Crippen LogP contribution in [0.5, 0.6) is 0 Å². The number of fused-ring (bicyclic) bond motifs is 1. The fraction of sp³-hybridized carbons (Fsp3) is 0.182. The van der Waals surface area contributed by atoms with Crippen LogP contribution in [-0.2, 0) is 6.54 Å². The van der Waals surface area contributed by atoms with Gasteiger partial charge in [-0.2, -0.15) is 5.21 Å². The number of nitrogens with one attached hydrogen (secondary N) is 1. The average Bonchev–Trinajstić information content (AvgIpc) is 3.46. The Labute approximate surface area is 193 Å². The number of benzene rings is 2. The van der Waals surface area contributed by atoms with Crippen molar-refractivity contribution in [1.82, 2.24) is 40.4 Å². The molecule has 0 saturated carbocycles. The van der Waals surface area contributed by atoms with Crippen molar-refractivity contribution in [3.63, 3.8) is 0 Å². The fourth-order valence-corrected chi connectivity index (χ4v) is 4.29. The Morgan fingerprint density at radius 3 is 2.28 bits per heavy atom. The quantitative estimate of drug-likeness (QED) is 0.386. The van der Waals surface area contributed by atoms with Crippen LogP contribution in [0.3, 0.4) is 0 Å². The van der Waals surface area contributed by atoms with Crippen molar-refractivity contribution in [2.75, 3.05) is 0 Å². The van der Waals surface area contributed by atoms with Crippen molar-refractivity contribution >= 4 is 34.2 Å². The second-order valence-corrected chi connectivity index (χ2v) is 8.34. The van der Waals surface area contributed by atoms with Crippen LogP contribution in [0, 0.1) is 0 Å². The molecule has 0 fully saturated rings. The number of hydrogen-bond donors (Lipinski definition) is 1. The molecule has 0 aliphatic heterocycles. The van der Waals surface area contributed by atoms with Crippen molar-refractivity contribution in [2.45, 2.75) is 26.3 Å². The van der Waals surface area contributed by atoms with Crippen molar-refractivity contribution in [3.05, 3.63) is 70.2 Å². The molecular formula is C22H18Cl2N8. The molecule has 0 unspecified atom stereocenters. The topological polar surface area (TPSA) is 98.1 Å². The summed E-state index contributed by atoms with van der Waals surface area (Å²) < 4.78 is 2.07. The minimum Gasteiger partial charge on any atom is -0.321 e. The van der Waals surface area contributed by atoms with E-state index in [9.17, 15) is 0 Å². The summed E-state index contributed by atoms with van der Waals surface area (Å²) in [5.74, 6) is 1.55. The smallest absolute Gasteiger partial charge is 0.205 e. The molecule has 5 aromatic rings. The highest BCUT2D eigenvalue weighted by molar-refractivity contribution is 6.37. The maximum Gasteiger partial charge on any atom is 0.205 e. The molecule has 160 valence electrons. The molecule has 3 heterocycles. The highest BCUT2D eigenvalue weighted by Gasteiger charge is 2.21. The summed E-state index contributed by atoms with van der Waals surface area (Å²) in [6.45, 7) is 4.69. The van der Waals surface area contributed by atoms with Gasteiger partial charge in [-0.05, 0) is 21.9 Å². The van der Waals surface area contributed by atoms with E-state index in [0.717, 1.165) is 28.1 Å². The van der Waals surface area contributed by atoms with Crippen LogP contribution < -0.4 is 0 Å². The van der Waals surface area contributed by atoms with Crippen LogP contribution in [0.25, 0.3) is 33.5 Å². The van der Waals surface area contributed by atoms with Gasteiger partial charge in [-0.1, -0.05) is 85.6 Å². The summed E-state index contributed by atoms with van der Waals surface area (Å²) in [5, 5.41) is 23.0. The standard InChI is InChI=1S/C22H18Cl2N8/c1-12(2)22-25-17-18(20(24)27-26-19(17)23)32(22)11-13-7-3-4-8-14(13)15-9-5-6-10-16(15)21-28-30-31-29-21/h3-10,12H,11H2,1-2H3,(H,28,29,30,31). The van der Waals surface area contributed by atoms with Gasteiger partial charge in [-0.3, -0.25) is 0 Å². The van der Waals surface area contributed by atoms with Crippen molar-refractivity contribution < 1.29 is 0 Å². The lowest BCUT2D eigenvalue weighted by molar-refractivity contribution is 0.683. The van der Waals surface area contributed by atoms with Gasteiger partial charge >= 0.3 is 0 Å². The largest absolute Gasteiger partial charge is 0.321 e. The van der Waals surface area contributed by atoms with Gasteiger partial charge in [0, 0.05) is 11.5 Å². The first kappa shape index (κ1) is 20.5. The molecule has 0 aliphatic rings. The molecule has 0 radical (unpaired) electrons. The average molecular weight is 465 g/mol. The Kier molecular flexibility index (Phi) is 5.32. The Bertz CT molecular complexity index is 1410. The zero-order valence-electron chi connectivity index (χ0n) is 17.3. The van der Waals surface area contributed by atoms with E-state index in [0.29, 0.717) is 23.4 Å². The lowest BCUT2D eigenvalue weighted by Crippen LogP contribution is -2.08. The first-order valence-electron chi connectivity index (χ1n) is 10.0. The summed E-state index contributed by atoms with van der Waals surface area (Å²) in [5.41, 5.74) is 5.25. The molecule has 0 amide bonds. The molecule has 10 heteroatoms. The monoisotopic (exact) mass is 464 g/mol. The van der Waals surface area contributed by atoms with Gasteiger partial charge in [-0.25, -0.2) is 4.98 Å².